The Bertz CT molecular complexity index is 1340. The molecule has 0 fully saturated rings. The van der Waals surface area contributed by atoms with Gasteiger partial charge in [0.25, 0.3) is 0 Å². The Kier molecular flexibility index (Phi) is 6.69. The van der Waals surface area contributed by atoms with E-state index in [9.17, 15) is 15.0 Å². The van der Waals surface area contributed by atoms with E-state index < -0.39 is 0 Å². The molecule has 0 radical (unpaired) electrons. The highest BCUT2D eigenvalue weighted by molar-refractivity contribution is 9.09. The Labute approximate surface area is 199 Å². The summed E-state index contributed by atoms with van der Waals surface area (Å²) in [5.41, 5.74) is 9.98. The number of rotatable bonds is 8. The van der Waals surface area contributed by atoms with E-state index in [1.807, 2.05) is 22.8 Å². The molecule has 0 unspecified atom stereocenters. The van der Waals surface area contributed by atoms with Gasteiger partial charge in [-0.25, -0.2) is 9.97 Å². The predicted molar refractivity (Wildman–Crippen MR) is 133 cm³/mol. The molecule has 4 aromatic rings. The van der Waals surface area contributed by atoms with Gasteiger partial charge in [0.15, 0.2) is 5.82 Å². The van der Waals surface area contributed by atoms with Crippen LogP contribution in [0.25, 0.3) is 21.9 Å². The number of aromatic nitrogens is 3. The number of nitrogens with two attached hydrogens (primary N) is 1. The fourth-order valence-electron chi connectivity index (χ4n) is 3.93. The van der Waals surface area contributed by atoms with Gasteiger partial charge in [0.1, 0.15) is 22.8 Å². The Morgan fingerprint density at radius 1 is 1.18 bits per heavy atom. The van der Waals surface area contributed by atoms with Crippen molar-refractivity contribution in [3.63, 3.8) is 0 Å². The first-order valence-corrected chi connectivity index (χ1v) is 11.9. The number of phenols is 2. The molecule has 0 spiro atoms. The number of imidazole rings is 1. The second kappa shape index (κ2) is 9.66. The molecule has 0 atom stereocenters. The van der Waals surface area contributed by atoms with Crippen molar-refractivity contribution in [3.05, 3.63) is 53.3 Å². The van der Waals surface area contributed by atoms with Gasteiger partial charge in [-0.15, -0.1) is 0 Å². The lowest BCUT2D eigenvalue weighted by Gasteiger charge is -2.13. The number of carbonyl (C=O) groups is 1. The van der Waals surface area contributed by atoms with Crippen molar-refractivity contribution in [1.82, 2.24) is 19.9 Å². The van der Waals surface area contributed by atoms with Crippen molar-refractivity contribution >= 4 is 49.6 Å². The van der Waals surface area contributed by atoms with Crippen molar-refractivity contribution in [2.45, 2.75) is 39.3 Å². The molecule has 0 aliphatic carbocycles. The molecule has 8 nitrogen and oxygen atoms in total. The van der Waals surface area contributed by atoms with Gasteiger partial charge in [-0.05, 0) is 36.2 Å². The first kappa shape index (κ1) is 22.8. The van der Waals surface area contributed by atoms with Crippen LogP contribution in [-0.4, -0.2) is 36.0 Å². The number of amides is 1. The van der Waals surface area contributed by atoms with Crippen LogP contribution >= 0.6 is 15.9 Å². The predicted octanol–water partition coefficient (Wildman–Crippen LogP) is 3.98. The quantitative estimate of drug-likeness (QED) is 0.209. The van der Waals surface area contributed by atoms with E-state index in [2.05, 4.69) is 33.2 Å². The second-order valence-electron chi connectivity index (χ2n) is 7.99. The highest BCUT2D eigenvalue weighted by atomic mass is 79.9. The normalized spacial score (nSPS) is 11.3. The molecular formula is C24H26BrN5O3. The molecule has 172 valence electrons. The molecule has 33 heavy (non-hydrogen) atoms. The van der Waals surface area contributed by atoms with Crippen molar-refractivity contribution in [3.8, 4) is 11.5 Å². The third-order valence-corrected chi connectivity index (χ3v) is 6.11. The van der Waals surface area contributed by atoms with Gasteiger partial charge in [-0.1, -0.05) is 41.4 Å². The van der Waals surface area contributed by atoms with Gasteiger partial charge in [-0.2, -0.15) is 0 Å². The first-order valence-electron chi connectivity index (χ1n) is 10.8. The van der Waals surface area contributed by atoms with Crippen molar-refractivity contribution in [2.24, 2.45) is 0 Å². The number of nitrogens with one attached hydrogen (secondary N) is 1. The summed E-state index contributed by atoms with van der Waals surface area (Å²) in [4.78, 5) is 21.0. The lowest BCUT2D eigenvalue weighted by Crippen LogP contribution is -2.23. The van der Waals surface area contributed by atoms with E-state index in [4.69, 9.17) is 10.7 Å². The van der Waals surface area contributed by atoms with Gasteiger partial charge in [0, 0.05) is 23.9 Å². The number of anilines is 1. The maximum Gasteiger partial charge on any atom is 0.230 e. The molecule has 5 N–H and O–H groups in total. The minimum atomic E-state index is -0.0948. The summed E-state index contributed by atoms with van der Waals surface area (Å²) in [6.45, 7) is 2.84. The fourth-order valence-corrected chi connectivity index (χ4v) is 4.12. The van der Waals surface area contributed by atoms with E-state index in [-0.39, 0.29) is 22.7 Å². The van der Waals surface area contributed by atoms with Gasteiger partial charge < -0.3 is 25.8 Å². The smallest absolute Gasteiger partial charge is 0.230 e. The molecule has 0 saturated carbocycles. The maximum absolute atomic E-state index is 11.6. The number of aromatic hydroxyl groups is 2. The Hall–Kier alpha value is -3.33. The minimum absolute atomic E-state index is 0.0866. The van der Waals surface area contributed by atoms with Gasteiger partial charge >= 0.3 is 0 Å². The zero-order valence-corrected chi connectivity index (χ0v) is 19.9. The zero-order chi connectivity index (χ0) is 23.5. The molecule has 2 aromatic carbocycles. The maximum atomic E-state index is 11.6. The van der Waals surface area contributed by atoms with Gasteiger partial charge in [0.05, 0.1) is 22.9 Å². The molecule has 0 aliphatic heterocycles. The Morgan fingerprint density at radius 3 is 2.76 bits per heavy atom. The van der Waals surface area contributed by atoms with Crippen LogP contribution in [-0.2, 0) is 24.3 Å². The third-order valence-electron chi connectivity index (χ3n) is 5.60. The number of aryl methyl sites for hydroxylation is 1. The van der Waals surface area contributed by atoms with Crippen molar-refractivity contribution in [2.75, 3.05) is 11.1 Å². The number of hydrogen-bond donors (Lipinski definition) is 4. The van der Waals surface area contributed by atoms with Crippen LogP contribution < -0.4 is 11.1 Å². The number of hydrogen-bond acceptors (Lipinski definition) is 6. The number of pyridine rings is 1. The molecule has 0 aliphatic rings. The van der Waals surface area contributed by atoms with E-state index in [0.717, 1.165) is 41.6 Å². The number of carbonyl (C=O) groups excluding carboxylic acids is 1. The molecule has 2 aromatic heterocycles. The van der Waals surface area contributed by atoms with Crippen LogP contribution in [0.1, 0.15) is 36.7 Å². The summed E-state index contributed by atoms with van der Waals surface area (Å²) in [5, 5.41) is 24.3. The number of unbranched alkanes of at least 4 members (excludes halogenated alkanes) is 1. The summed E-state index contributed by atoms with van der Waals surface area (Å²) in [5.74, 6) is 1.28. The number of benzene rings is 2. The highest BCUT2D eigenvalue weighted by Crippen LogP contribution is 2.32. The van der Waals surface area contributed by atoms with Crippen molar-refractivity contribution in [1.29, 1.82) is 0 Å². The lowest BCUT2D eigenvalue weighted by atomic mass is 10.1. The summed E-state index contributed by atoms with van der Waals surface area (Å²) in [6, 6.07) is 10.3. The van der Waals surface area contributed by atoms with E-state index in [0.29, 0.717) is 35.5 Å². The number of phenolic OH excluding ortho intramolecular Hbond substituents is 2. The number of halogens is 1. The number of nitrogen functional groups attached to an aromatic ring is 1. The van der Waals surface area contributed by atoms with Gasteiger partial charge in [-0.3, -0.25) is 4.79 Å². The summed E-state index contributed by atoms with van der Waals surface area (Å²) < 4.78 is 2.05. The van der Waals surface area contributed by atoms with Crippen LogP contribution in [0.3, 0.4) is 0 Å². The summed E-state index contributed by atoms with van der Waals surface area (Å²) in [7, 11) is 0. The first-order chi connectivity index (χ1) is 15.9. The molecule has 2 heterocycles. The fraction of sp³-hybridized carbons (Fsp3) is 0.292. The van der Waals surface area contributed by atoms with E-state index >= 15 is 0 Å². The summed E-state index contributed by atoms with van der Waals surface area (Å²) in [6.07, 6.45) is 2.72. The van der Waals surface area contributed by atoms with Crippen LogP contribution in [0, 0.1) is 0 Å². The Balaban J connectivity index is 1.87. The van der Waals surface area contributed by atoms with E-state index in [1.165, 1.54) is 12.1 Å². The molecule has 4 rings (SSSR count). The zero-order valence-electron chi connectivity index (χ0n) is 18.3. The standard InChI is InChI=1S/C24H26BrN5O3/c1-2-3-4-20-29-22-23(30(20)13-15-10-16(31)6-8-19(15)32)17-7-5-14(12-27-21(33)11-25)9-18(17)28-24(22)26/h5-10,31-32H,2-4,11-13H2,1H3,(H2,26,28)(H,27,33). The monoisotopic (exact) mass is 511 g/mol. The number of fused-ring (bicyclic) bond motifs is 3. The molecule has 9 heteroatoms. The van der Waals surface area contributed by atoms with E-state index in [1.54, 1.807) is 6.07 Å². The van der Waals surface area contributed by atoms with Gasteiger partial charge in [0.2, 0.25) is 5.91 Å². The van der Waals surface area contributed by atoms with Crippen LogP contribution in [0.4, 0.5) is 5.82 Å². The van der Waals surface area contributed by atoms with Crippen LogP contribution in [0.15, 0.2) is 36.4 Å². The topological polar surface area (TPSA) is 126 Å². The second-order valence-corrected chi connectivity index (χ2v) is 8.55. The SMILES string of the molecule is CCCCc1nc2c(N)nc3cc(CNC(=O)CBr)ccc3c2n1Cc1cc(O)ccc1O. The highest BCUT2D eigenvalue weighted by Gasteiger charge is 2.19. The Morgan fingerprint density at radius 2 is 2.00 bits per heavy atom. The average Bonchev–Trinajstić information content (AvgIpc) is 3.17. The van der Waals surface area contributed by atoms with Crippen LogP contribution in [0.5, 0.6) is 11.5 Å². The average molecular weight is 512 g/mol. The largest absolute Gasteiger partial charge is 0.508 e. The minimum Gasteiger partial charge on any atom is -0.508 e. The molecule has 0 saturated heterocycles. The third kappa shape index (κ3) is 4.73. The number of alkyl halides is 1. The number of nitrogens with zero attached hydrogens (tertiary/aromatic N) is 3. The lowest BCUT2D eigenvalue weighted by molar-refractivity contribution is -0.118. The molecular weight excluding hydrogens is 486 g/mol. The molecule has 0 bridgehead atoms. The van der Waals surface area contributed by atoms with Crippen molar-refractivity contribution < 1.29 is 15.0 Å². The van der Waals surface area contributed by atoms with Crippen LogP contribution in [0.2, 0.25) is 0 Å². The summed E-state index contributed by atoms with van der Waals surface area (Å²) >= 11 is 3.15. The molecule has 1 amide bonds.